The van der Waals surface area contributed by atoms with Gasteiger partial charge in [0.1, 0.15) is 0 Å². The zero-order valence-electron chi connectivity index (χ0n) is 16.4. The molecule has 0 radical (unpaired) electrons. The van der Waals surface area contributed by atoms with Crippen LogP contribution in [-0.4, -0.2) is 65.4 Å². The summed E-state index contributed by atoms with van der Waals surface area (Å²) in [7, 11) is 1.83. The van der Waals surface area contributed by atoms with Crippen LogP contribution in [0.2, 0.25) is 0 Å². The number of urea groups is 1. The number of carbonyl (C=O) groups is 3. The van der Waals surface area contributed by atoms with Crippen LogP contribution in [0.15, 0.2) is 24.3 Å². The Bertz CT molecular complexity index is 710. The maximum Gasteiger partial charge on any atom is 0.335 e. The van der Waals surface area contributed by atoms with Crippen molar-refractivity contribution < 1.29 is 14.4 Å². The van der Waals surface area contributed by atoms with Crippen molar-refractivity contribution in [1.82, 2.24) is 14.7 Å². The van der Waals surface area contributed by atoms with Gasteiger partial charge in [0.05, 0.1) is 6.67 Å². The fraction of sp³-hybridized carbons (Fsp3) is 0.550. The molecule has 0 atom stereocenters. The molecule has 3 rings (SSSR count). The second-order valence-corrected chi connectivity index (χ2v) is 7.65. The van der Waals surface area contributed by atoms with Gasteiger partial charge in [0.2, 0.25) is 0 Å². The molecule has 2 fully saturated rings. The number of hydrogen-bond donors (Lipinski definition) is 0. The lowest BCUT2D eigenvalue weighted by Gasteiger charge is -2.29. The first-order chi connectivity index (χ1) is 12.9. The lowest BCUT2D eigenvalue weighted by molar-refractivity contribution is -0.144. The highest BCUT2D eigenvalue weighted by Gasteiger charge is 2.45. The Morgan fingerprint density at radius 2 is 1.59 bits per heavy atom. The van der Waals surface area contributed by atoms with E-state index in [1.807, 2.05) is 11.9 Å². The molecule has 7 heteroatoms. The van der Waals surface area contributed by atoms with Crippen LogP contribution < -0.4 is 4.90 Å². The van der Waals surface area contributed by atoms with Gasteiger partial charge in [-0.1, -0.05) is 12.1 Å². The Hall–Kier alpha value is -2.41. The molecule has 146 valence electrons. The predicted octanol–water partition coefficient (Wildman–Crippen LogP) is 2.27. The number of imide groups is 2. The van der Waals surface area contributed by atoms with Crippen molar-refractivity contribution in [1.29, 1.82) is 0 Å². The van der Waals surface area contributed by atoms with Gasteiger partial charge in [0.25, 0.3) is 0 Å². The zero-order chi connectivity index (χ0) is 19.6. The molecule has 0 bridgehead atoms. The molecule has 0 saturated carbocycles. The van der Waals surface area contributed by atoms with E-state index in [9.17, 15) is 14.4 Å². The van der Waals surface area contributed by atoms with Crippen LogP contribution in [0.5, 0.6) is 0 Å². The fourth-order valence-corrected chi connectivity index (χ4v) is 3.67. The largest absolute Gasteiger partial charge is 0.372 e. The molecular formula is C20H28N4O3. The summed E-state index contributed by atoms with van der Waals surface area (Å²) in [5.74, 6) is -1.49. The highest BCUT2D eigenvalue weighted by Crippen LogP contribution is 2.21. The SMILES string of the molecule is CC(C)N1C(=O)C(=O)N(CN(C)Cc2ccc(N3CCCCC3)cc2)C1=O. The number of rotatable bonds is 6. The van der Waals surface area contributed by atoms with Gasteiger partial charge in [0.15, 0.2) is 0 Å². The van der Waals surface area contributed by atoms with Gasteiger partial charge in [-0.15, -0.1) is 0 Å². The number of carbonyl (C=O) groups excluding carboxylic acids is 3. The van der Waals surface area contributed by atoms with Crippen LogP contribution in [0, 0.1) is 0 Å². The monoisotopic (exact) mass is 372 g/mol. The maximum atomic E-state index is 12.4. The van der Waals surface area contributed by atoms with E-state index in [-0.39, 0.29) is 12.7 Å². The van der Waals surface area contributed by atoms with Crippen molar-refractivity contribution in [2.45, 2.75) is 45.7 Å². The van der Waals surface area contributed by atoms with E-state index < -0.39 is 17.8 Å². The molecule has 0 spiro atoms. The van der Waals surface area contributed by atoms with Crippen molar-refractivity contribution in [3.05, 3.63) is 29.8 Å². The standard InChI is InChI=1S/C20H28N4O3/c1-15(2)24-19(26)18(25)23(20(24)27)14-21(3)13-16-7-9-17(10-8-16)22-11-5-4-6-12-22/h7-10,15H,4-6,11-14H2,1-3H3. The average molecular weight is 372 g/mol. The highest BCUT2D eigenvalue weighted by molar-refractivity contribution is 6.44. The van der Waals surface area contributed by atoms with Crippen molar-refractivity contribution in [3.63, 3.8) is 0 Å². The van der Waals surface area contributed by atoms with Crippen molar-refractivity contribution in [3.8, 4) is 0 Å². The third-order valence-electron chi connectivity index (χ3n) is 5.09. The molecule has 0 unspecified atom stereocenters. The van der Waals surface area contributed by atoms with Gasteiger partial charge in [-0.2, -0.15) is 0 Å². The molecule has 27 heavy (non-hydrogen) atoms. The van der Waals surface area contributed by atoms with Gasteiger partial charge in [0, 0.05) is 31.4 Å². The Labute approximate surface area is 160 Å². The summed E-state index contributed by atoms with van der Waals surface area (Å²) in [6.45, 7) is 6.35. The Morgan fingerprint density at radius 3 is 2.15 bits per heavy atom. The minimum Gasteiger partial charge on any atom is -0.372 e. The highest BCUT2D eigenvalue weighted by atomic mass is 16.2. The van der Waals surface area contributed by atoms with E-state index in [1.165, 1.54) is 24.9 Å². The molecule has 2 aliphatic rings. The smallest absolute Gasteiger partial charge is 0.335 e. The molecule has 7 nitrogen and oxygen atoms in total. The van der Waals surface area contributed by atoms with Gasteiger partial charge < -0.3 is 4.90 Å². The lowest BCUT2D eigenvalue weighted by Crippen LogP contribution is -2.41. The third-order valence-corrected chi connectivity index (χ3v) is 5.09. The first-order valence-electron chi connectivity index (χ1n) is 9.60. The maximum absolute atomic E-state index is 12.4. The molecule has 2 heterocycles. The molecule has 0 aliphatic carbocycles. The van der Waals surface area contributed by atoms with E-state index in [0.29, 0.717) is 6.54 Å². The van der Waals surface area contributed by atoms with E-state index >= 15 is 0 Å². The van der Waals surface area contributed by atoms with Gasteiger partial charge >= 0.3 is 17.8 Å². The van der Waals surface area contributed by atoms with Gasteiger partial charge in [-0.05, 0) is 57.9 Å². The van der Waals surface area contributed by atoms with Crippen molar-refractivity contribution >= 4 is 23.5 Å². The zero-order valence-corrected chi connectivity index (χ0v) is 16.4. The third kappa shape index (κ3) is 4.13. The quantitative estimate of drug-likeness (QED) is 0.566. The van der Waals surface area contributed by atoms with Crippen molar-refractivity contribution in [2.75, 3.05) is 31.7 Å². The molecular weight excluding hydrogens is 344 g/mol. The molecule has 1 aromatic carbocycles. The second kappa shape index (κ2) is 8.08. The van der Waals surface area contributed by atoms with Crippen LogP contribution in [0.4, 0.5) is 10.5 Å². The Morgan fingerprint density at radius 1 is 0.963 bits per heavy atom. The molecule has 4 amide bonds. The van der Waals surface area contributed by atoms with Crippen LogP contribution >= 0.6 is 0 Å². The summed E-state index contributed by atoms with van der Waals surface area (Å²) >= 11 is 0. The summed E-state index contributed by atoms with van der Waals surface area (Å²) in [6.07, 6.45) is 3.80. The van der Waals surface area contributed by atoms with Gasteiger partial charge in [-0.3, -0.25) is 19.4 Å². The summed E-state index contributed by atoms with van der Waals surface area (Å²) < 4.78 is 0. The number of benzene rings is 1. The number of amides is 4. The number of hydrogen-bond acceptors (Lipinski definition) is 5. The normalized spacial score (nSPS) is 18.4. The molecule has 2 saturated heterocycles. The molecule has 2 aliphatic heterocycles. The summed E-state index contributed by atoms with van der Waals surface area (Å²) in [5.41, 5.74) is 2.34. The van der Waals surface area contributed by atoms with E-state index in [0.717, 1.165) is 28.5 Å². The summed E-state index contributed by atoms with van der Waals surface area (Å²) in [5, 5.41) is 0. The van der Waals surface area contributed by atoms with Crippen LogP contribution in [0.25, 0.3) is 0 Å². The number of piperidine rings is 1. The van der Waals surface area contributed by atoms with Crippen LogP contribution in [0.1, 0.15) is 38.7 Å². The first kappa shape index (κ1) is 19.4. The molecule has 1 aromatic rings. The first-order valence-corrected chi connectivity index (χ1v) is 9.60. The van der Waals surface area contributed by atoms with Gasteiger partial charge in [-0.25, -0.2) is 9.69 Å². The molecule has 0 N–H and O–H groups in total. The lowest BCUT2D eigenvalue weighted by atomic mass is 10.1. The van der Waals surface area contributed by atoms with E-state index in [4.69, 9.17) is 0 Å². The van der Waals surface area contributed by atoms with E-state index in [1.54, 1.807) is 13.8 Å². The molecule has 0 aromatic heterocycles. The summed E-state index contributed by atoms with van der Waals surface area (Å²) in [6, 6.07) is 7.56. The topological polar surface area (TPSA) is 64.2 Å². The fourth-order valence-electron chi connectivity index (χ4n) is 3.67. The minimum atomic E-state index is -0.749. The van der Waals surface area contributed by atoms with Crippen LogP contribution in [-0.2, 0) is 16.1 Å². The predicted molar refractivity (Wildman–Crippen MR) is 103 cm³/mol. The summed E-state index contributed by atoms with van der Waals surface area (Å²) in [4.78, 5) is 42.8. The Balaban J connectivity index is 1.59. The van der Waals surface area contributed by atoms with Crippen molar-refractivity contribution in [2.24, 2.45) is 0 Å². The number of anilines is 1. The van der Waals surface area contributed by atoms with E-state index in [2.05, 4.69) is 29.2 Å². The average Bonchev–Trinajstić information content (AvgIpc) is 2.86. The minimum absolute atomic E-state index is 0.0977. The second-order valence-electron chi connectivity index (χ2n) is 7.65. The Kier molecular flexibility index (Phi) is 5.79. The number of nitrogens with zero attached hydrogens (tertiary/aromatic N) is 4. The van der Waals surface area contributed by atoms with Crippen LogP contribution in [0.3, 0.4) is 0 Å².